The molecule has 0 bridgehead atoms. The molecule has 3 heteroatoms. The number of hydrogen-bond donors (Lipinski definition) is 1. The fraction of sp³-hybridized carbons (Fsp3) is 0.714. The first kappa shape index (κ1) is 12.7. The molecule has 0 aliphatic carbocycles. The molecule has 0 saturated carbocycles. The van der Waals surface area contributed by atoms with E-state index in [2.05, 4.69) is 24.8 Å². The highest BCUT2D eigenvalue weighted by Crippen LogP contribution is 2.19. The Balaban J connectivity index is 1.78. The Morgan fingerprint density at radius 1 is 1.59 bits per heavy atom. The maximum absolute atomic E-state index is 6.05. The molecule has 2 heterocycles. The molecule has 3 atom stereocenters. The van der Waals surface area contributed by atoms with Crippen LogP contribution < -0.4 is 5.73 Å². The summed E-state index contributed by atoms with van der Waals surface area (Å²) in [5, 5.41) is 0. The zero-order valence-electron chi connectivity index (χ0n) is 10.9. The van der Waals surface area contributed by atoms with Gasteiger partial charge in [-0.25, -0.2) is 0 Å². The summed E-state index contributed by atoms with van der Waals surface area (Å²) in [7, 11) is 0. The van der Waals surface area contributed by atoms with E-state index in [-0.39, 0.29) is 0 Å². The minimum absolute atomic E-state index is 0.392. The van der Waals surface area contributed by atoms with Crippen molar-refractivity contribution in [1.82, 2.24) is 4.90 Å². The standard InChI is InChI=1S/C14H24N2O/c1-11-10-16(8-7-14(11)15)12(2)5-6-13-4-3-9-17-13/h3-4,9,11-12,14H,5-8,10,15H2,1-2H3. The van der Waals surface area contributed by atoms with Gasteiger partial charge in [-0.2, -0.15) is 0 Å². The van der Waals surface area contributed by atoms with E-state index in [0.717, 1.165) is 38.1 Å². The normalized spacial score (nSPS) is 28.2. The van der Waals surface area contributed by atoms with Crippen LogP contribution in [0.5, 0.6) is 0 Å². The van der Waals surface area contributed by atoms with Gasteiger partial charge in [0, 0.05) is 25.0 Å². The summed E-state index contributed by atoms with van der Waals surface area (Å²) >= 11 is 0. The third-order valence-corrected chi connectivity index (χ3v) is 4.02. The first-order valence-corrected chi connectivity index (χ1v) is 6.69. The van der Waals surface area contributed by atoms with Crippen LogP contribution in [0.1, 0.15) is 32.4 Å². The number of piperidine rings is 1. The molecule has 1 aromatic rings. The lowest BCUT2D eigenvalue weighted by atomic mass is 9.93. The summed E-state index contributed by atoms with van der Waals surface area (Å²) in [6.45, 7) is 6.86. The van der Waals surface area contributed by atoms with Gasteiger partial charge >= 0.3 is 0 Å². The molecule has 0 aromatic carbocycles. The SMILES string of the molecule is CC1CN(C(C)CCc2ccco2)CCC1N. The first-order valence-electron chi connectivity index (χ1n) is 6.69. The van der Waals surface area contributed by atoms with E-state index in [1.165, 1.54) is 0 Å². The van der Waals surface area contributed by atoms with Gasteiger partial charge in [0.1, 0.15) is 5.76 Å². The monoisotopic (exact) mass is 236 g/mol. The summed E-state index contributed by atoms with van der Waals surface area (Å²) < 4.78 is 5.37. The van der Waals surface area contributed by atoms with Gasteiger partial charge < -0.3 is 15.1 Å². The van der Waals surface area contributed by atoms with Crippen LogP contribution in [-0.4, -0.2) is 30.1 Å². The molecule has 17 heavy (non-hydrogen) atoms. The molecular weight excluding hydrogens is 212 g/mol. The highest BCUT2D eigenvalue weighted by atomic mass is 16.3. The van der Waals surface area contributed by atoms with Crippen LogP contribution in [0.25, 0.3) is 0 Å². The molecule has 3 unspecified atom stereocenters. The number of aryl methyl sites for hydroxylation is 1. The third-order valence-electron chi connectivity index (χ3n) is 4.02. The lowest BCUT2D eigenvalue weighted by molar-refractivity contribution is 0.118. The molecule has 2 rings (SSSR count). The summed E-state index contributed by atoms with van der Waals surface area (Å²) in [5.41, 5.74) is 6.05. The number of nitrogens with zero attached hydrogens (tertiary/aromatic N) is 1. The van der Waals surface area contributed by atoms with Gasteiger partial charge in [0.05, 0.1) is 6.26 Å². The fourth-order valence-corrected chi connectivity index (χ4v) is 2.58. The minimum Gasteiger partial charge on any atom is -0.469 e. The van der Waals surface area contributed by atoms with Crippen molar-refractivity contribution in [3.63, 3.8) is 0 Å². The van der Waals surface area contributed by atoms with E-state index in [1.54, 1.807) is 6.26 Å². The average molecular weight is 236 g/mol. The number of rotatable bonds is 4. The van der Waals surface area contributed by atoms with E-state index in [4.69, 9.17) is 10.2 Å². The summed E-state index contributed by atoms with van der Waals surface area (Å²) in [6, 6.07) is 5.03. The van der Waals surface area contributed by atoms with Gasteiger partial charge in [-0.3, -0.25) is 0 Å². The summed E-state index contributed by atoms with van der Waals surface area (Å²) in [5.74, 6) is 1.72. The van der Waals surface area contributed by atoms with E-state index in [9.17, 15) is 0 Å². The Hall–Kier alpha value is -0.800. The second kappa shape index (κ2) is 5.69. The van der Waals surface area contributed by atoms with Crippen LogP contribution >= 0.6 is 0 Å². The molecule has 1 aliphatic heterocycles. The second-order valence-electron chi connectivity index (χ2n) is 5.39. The lowest BCUT2D eigenvalue weighted by Crippen LogP contribution is -2.49. The zero-order valence-corrected chi connectivity index (χ0v) is 10.9. The van der Waals surface area contributed by atoms with E-state index in [0.29, 0.717) is 18.0 Å². The van der Waals surface area contributed by atoms with Crippen molar-refractivity contribution in [1.29, 1.82) is 0 Å². The fourth-order valence-electron chi connectivity index (χ4n) is 2.58. The highest BCUT2D eigenvalue weighted by molar-refractivity contribution is 4.98. The molecule has 0 amide bonds. The number of likely N-dealkylation sites (tertiary alicyclic amines) is 1. The number of nitrogens with two attached hydrogens (primary N) is 1. The van der Waals surface area contributed by atoms with Crippen molar-refractivity contribution in [3.8, 4) is 0 Å². The molecule has 96 valence electrons. The van der Waals surface area contributed by atoms with Crippen LogP contribution in [0, 0.1) is 5.92 Å². The van der Waals surface area contributed by atoms with Crippen LogP contribution in [0.4, 0.5) is 0 Å². The van der Waals surface area contributed by atoms with Crippen molar-refractivity contribution in [2.24, 2.45) is 11.7 Å². The Morgan fingerprint density at radius 3 is 3.06 bits per heavy atom. The van der Waals surface area contributed by atoms with Crippen LogP contribution in [0.3, 0.4) is 0 Å². The number of hydrogen-bond acceptors (Lipinski definition) is 3. The Labute approximate surface area is 104 Å². The third kappa shape index (κ3) is 3.33. The van der Waals surface area contributed by atoms with Crippen molar-refractivity contribution in [3.05, 3.63) is 24.2 Å². The Kier molecular flexibility index (Phi) is 4.24. The molecule has 3 nitrogen and oxygen atoms in total. The van der Waals surface area contributed by atoms with Gasteiger partial charge in [-0.05, 0) is 44.4 Å². The quantitative estimate of drug-likeness (QED) is 0.872. The molecule has 1 aromatic heterocycles. The van der Waals surface area contributed by atoms with Gasteiger partial charge in [0.2, 0.25) is 0 Å². The van der Waals surface area contributed by atoms with Crippen LogP contribution in [0.15, 0.2) is 22.8 Å². The molecule has 1 aliphatic rings. The second-order valence-corrected chi connectivity index (χ2v) is 5.39. The smallest absolute Gasteiger partial charge is 0.103 e. The van der Waals surface area contributed by atoms with Crippen molar-refractivity contribution >= 4 is 0 Å². The van der Waals surface area contributed by atoms with Crippen molar-refractivity contribution < 1.29 is 4.42 Å². The predicted octanol–water partition coefficient (Wildman–Crippen LogP) is 2.27. The zero-order chi connectivity index (χ0) is 12.3. The van der Waals surface area contributed by atoms with Gasteiger partial charge in [-0.15, -0.1) is 0 Å². The van der Waals surface area contributed by atoms with Gasteiger partial charge in [0.25, 0.3) is 0 Å². The molecule has 0 spiro atoms. The average Bonchev–Trinajstić information content (AvgIpc) is 2.82. The number of furan rings is 1. The molecule has 1 fully saturated rings. The summed E-state index contributed by atoms with van der Waals surface area (Å²) in [4.78, 5) is 2.57. The first-order chi connectivity index (χ1) is 8.16. The molecule has 1 saturated heterocycles. The summed E-state index contributed by atoms with van der Waals surface area (Å²) in [6.07, 6.45) is 5.08. The van der Waals surface area contributed by atoms with Crippen molar-refractivity contribution in [2.45, 2.75) is 45.2 Å². The van der Waals surface area contributed by atoms with Crippen LogP contribution in [-0.2, 0) is 6.42 Å². The van der Waals surface area contributed by atoms with Crippen LogP contribution in [0.2, 0.25) is 0 Å². The molecule has 0 radical (unpaired) electrons. The molecule has 2 N–H and O–H groups in total. The maximum Gasteiger partial charge on any atom is 0.103 e. The maximum atomic E-state index is 6.05. The highest BCUT2D eigenvalue weighted by Gasteiger charge is 2.25. The van der Waals surface area contributed by atoms with Gasteiger partial charge in [0.15, 0.2) is 0 Å². The minimum atomic E-state index is 0.392. The Bertz CT molecular complexity index is 323. The van der Waals surface area contributed by atoms with Crippen molar-refractivity contribution in [2.75, 3.05) is 13.1 Å². The van der Waals surface area contributed by atoms with E-state index >= 15 is 0 Å². The lowest BCUT2D eigenvalue weighted by Gasteiger charge is -2.38. The van der Waals surface area contributed by atoms with E-state index in [1.807, 2.05) is 6.07 Å². The molecular formula is C14H24N2O. The topological polar surface area (TPSA) is 42.4 Å². The predicted molar refractivity (Wildman–Crippen MR) is 69.8 cm³/mol. The Morgan fingerprint density at radius 2 is 2.41 bits per heavy atom. The van der Waals surface area contributed by atoms with Gasteiger partial charge in [-0.1, -0.05) is 6.92 Å². The van der Waals surface area contributed by atoms with E-state index < -0.39 is 0 Å². The largest absolute Gasteiger partial charge is 0.469 e.